The summed E-state index contributed by atoms with van der Waals surface area (Å²) >= 11 is 0. The number of hydrogen-bond donors (Lipinski definition) is 1. The van der Waals surface area contributed by atoms with E-state index in [2.05, 4.69) is 5.32 Å². The summed E-state index contributed by atoms with van der Waals surface area (Å²) in [5.41, 5.74) is 2.42. The lowest BCUT2D eigenvalue weighted by Gasteiger charge is -2.17. The number of carbonyl (C=O) groups is 2. The average molecular weight is 203 g/mol. The smallest absolute Gasteiger partial charge is 0.221 e. The monoisotopic (exact) mass is 203 g/mol. The summed E-state index contributed by atoms with van der Waals surface area (Å²) in [6, 6.07) is 5.61. The molecule has 0 heterocycles. The van der Waals surface area contributed by atoms with E-state index in [0.717, 1.165) is 18.4 Å². The van der Waals surface area contributed by atoms with Gasteiger partial charge in [-0.3, -0.25) is 9.59 Å². The molecule has 1 N–H and O–H groups in total. The zero-order valence-electron chi connectivity index (χ0n) is 8.67. The number of benzene rings is 1. The Labute approximate surface area is 88.5 Å². The highest BCUT2D eigenvalue weighted by molar-refractivity contribution is 6.06. The van der Waals surface area contributed by atoms with Crippen LogP contribution in [0.1, 0.15) is 35.7 Å². The van der Waals surface area contributed by atoms with Gasteiger partial charge in [-0.1, -0.05) is 12.1 Å². The minimum Gasteiger partial charge on any atom is -0.326 e. The molecular weight excluding hydrogens is 190 g/mol. The maximum atomic E-state index is 11.7. The Morgan fingerprint density at radius 3 is 2.87 bits per heavy atom. The van der Waals surface area contributed by atoms with Gasteiger partial charge < -0.3 is 5.32 Å². The Hall–Kier alpha value is -1.64. The third-order valence-electron chi connectivity index (χ3n) is 2.59. The molecule has 0 spiro atoms. The number of fused-ring (bicyclic) bond motifs is 1. The number of amides is 1. The first kappa shape index (κ1) is 9.90. The average Bonchev–Trinajstić information content (AvgIpc) is 2.17. The molecule has 0 saturated heterocycles. The fraction of sp³-hybridized carbons (Fsp3) is 0.333. The van der Waals surface area contributed by atoms with Crippen LogP contribution in [-0.4, -0.2) is 11.7 Å². The van der Waals surface area contributed by atoms with E-state index in [1.54, 1.807) is 6.07 Å². The molecule has 0 aromatic heterocycles. The predicted octanol–water partition coefficient (Wildman–Crippen LogP) is 2.16. The molecular formula is C12H13NO2. The van der Waals surface area contributed by atoms with E-state index >= 15 is 0 Å². The molecule has 0 radical (unpaired) electrons. The van der Waals surface area contributed by atoms with Crippen LogP contribution in [0.4, 0.5) is 5.69 Å². The number of nitrogens with one attached hydrogen (secondary N) is 1. The van der Waals surface area contributed by atoms with E-state index in [4.69, 9.17) is 0 Å². The van der Waals surface area contributed by atoms with Gasteiger partial charge >= 0.3 is 0 Å². The van der Waals surface area contributed by atoms with E-state index in [1.165, 1.54) is 6.92 Å². The lowest BCUT2D eigenvalue weighted by atomic mass is 9.89. The van der Waals surface area contributed by atoms with Crippen LogP contribution in [0.2, 0.25) is 0 Å². The maximum Gasteiger partial charge on any atom is 0.221 e. The van der Waals surface area contributed by atoms with Gasteiger partial charge in [-0.15, -0.1) is 0 Å². The number of Topliss-reactive ketones (excluding diaryl/α,β-unsaturated/α-hetero) is 1. The van der Waals surface area contributed by atoms with E-state index < -0.39 is 0 Å². The lowest BCUT2D eigenvalue weighted by Crippen LogP contribution is -2.16. The first-order valence-corrected chi connectivity index (χ1v) is 5.11. The molecule has 1 aromatic rings. The summed E-state index contributed by atoms with van der Waals surface area (Å²) < 4.78 is 0. The highest BCUT2D eigenvalue weighted by atomic mass is 16.1. The highest BCUT2D eigenvalue weighted by Gasteiger charge is 2.20. The fourth-order valence-corrected chi connectivity index (χ4v) is 2.00. The molecule has 1 amide bonds. The second-order valence-corrected chi connectivity index (χ2v) is 3.80. The van der Waals surface area contributed by atoms with Crippen molar-refractivity contribution in [3.63, 3.8) is 0 Å². The first-order chi connectivity index (χ1) is 7.18. The van der Waals surface area contributed by atoms with Crippen molar-refractivity contribution < 1.29 is 9.59 Å². The molecule has 3 heteroatoms. The topological polar surface area (TPSA) is 46.2 Å². The minimum atomic E-state index is -0.137. The van der Waals surface area contributed by atoms with Crippen molar-refractivity contribution in [1.29, 1.82) is 0 Å². The molecule has 15 heavy (non-hydrogen) atoms. The van der Waals surface area contributed by atoms with Gasteiger partial charge in [-0.25, -0.2) is 0 Å². The highest BCUT2D eigenvalue weighted by Crippen LogP contribution is 2.27. The van der Waals surface area contributed by atoms with E-state index in [0.29, 0.717) is 17.7 Å². The normalized spacial score (nSPS) is 14.6. The van der Waals surface area contributed by atoms with Crippen molar-refractivity contribution in [3.8, 4) is 0 Å². The molecule has 3 nitrogen and oxygen atoms in total. The quantitative estimate of drug-likeness (QED) is 0.760. The minimum absolute atomic E-state index is 0.137. The predicted molar refractivity (Wildman–Crippen MR) is 58.0 cm³/mol. The molecule has 0 unspecified atom stereocenters. The summed E-state index contributed by atoms with van der Waals surface area (Å²) in [4.78, 5) is 22.7. The number of carbonyl (C=O) groups excluding carboxylic acids is 2. The summed E-state index contributed by atoms with van der Waals surface area (Å²) in [7, 11) is 0. The van der Waals surface area contributed by atoms with Gasteiger partial charge in [0.15, 0.2) is 5.78 Å². The Balaban J connectivity index is 2.46. The number of ketones is 1. The van der Waals surface area contributed by atoms with Crippen LogP contribution in [0.3, 0.4) is 0 Å². The maximum absolute atomic E-state index is 11.7. The van der Waals surface area contributed by atoms with E-state index in [1.807, 2.05) is 12.1 Å². The number of rotatable bonds is 1. The standard InChI is InChI=1S/C12H13NO2/c1-8(14)13-10-6-2-4-9-5-3-7-11(15)12(9)10/h2,4,6H,3,5,7H2,1H3,(H,13,14). The molecule has 1 aliphatic rings. The number of hydrogen-bond acceptors (Lipinski definition) is 2. The zero-order valence-corrected chi connectivity index (χ0v) is 8.67. The van der Waals surface area contributed by atoms with Crippen molar-refractivity contribution in [1.82, 2.24) is 0 Å². The molecule has 1 aliphatic carbocycles. The summed E-state index contributed by atoms with van der Waals surface area (Å²) in [5.74, 6) is 0.00220. The number of anilines is 1. The molecule has 2 rings (SSSR count). The van der Waals surface area contributed by atoms with E-state index in [9.17, 15) is 9.59 Å². The molecule has 0 fully saturated rings. The van der Waals surface area contributed by atoms with Crippen LogP contribution >= 0.6 is 0 Å². The number of aryl methyl sites for hydroxylation is 1. The zero-order chi connectivity index (χ0) is 10.8. The summed E-state index contributed by atoms with van der Waals surface area (Å²) in [5, 5.41) is 2.70. The van der Waals surface area contributed by atoms with Gasteiger partial charge in [0, 0.05) is 18.9 Å². The fourth-order valence-electron chi connectivity index (χ4n) is 2.00. The third kappa shape index (κ3) is 1.91. The Morgan fingerprint density at radius 2 is 2.13 bits per heavy atom. The van der Waals surface area contributed by atoms with Gasteiger partial charge in [0.1, 0.15) is 0 Å². The van der Waals surface area contributed by atoms with Crippen LogP contribution in [0, 0.1) is 0 Å². The molecule has 0 aliphatic heterocycles. The summed E-state index contributed by atoms with van der Waals surface area (Å²) in [6.07, 6.45) is 2.42. The van der Waals surface area contributed by atoms with E-state index in [-0.39, 0.29) is 11.7 Å². The SMILES string of the molecule is CC(=O)Nc1cccc2c1C(=O)CCC2. The lowest BCUT2D eigenvalue weighted by molar-refractivity contribution is -0.114. The van der Waals surface area contributed by atoms with Gasteiger partial charge in [-0.05, 0) is 24.5 Å². The Morgan fingerprint density at radius 1 is 1.33 bits per heavy atom. The van der Waals surface area contributed by atoms with Gasteiger partial charge in [0.05, 0.1) is 5.69 Å². The summed E-state index contributed by atoms with van der Waals surface area (Å²) in [6.45, 7) is 1.45. The van der Waals surface area contributed by atoms with Crippen LogP contribution in [0.25, 0.3) is 0 Å². The molecule has 0 atom stereocenters. The van der Waals surface area contributed by atoms with Crippen LogP contribution in [0.15, 0.2) is 18.2 Å². The third-order valence-corrected chi connectivity index (χ3v) is 2.59. The van der Waals surface area contributed by atoms with Gasteiger partial charge in [0.25, 0.3) is 0 Å². The largest absolute Gasteiger partial charge is 0.326 e. The second kappa shape index (κ2) is 3.85. The first-order valence-electron chi connectivity index (χ1n) is 5.11. The van der Waals surface area contributed by atoms with Crippen LogP contribution in [-0.2, 0) is 11.2 Å². The molecule has 78 valence electrons. The van der Waals surface area contributed by atoms with Crippen LogP contribution < -0.4 is 5.32 Å². The van der Waals surface area contributed by atoms with Crippen molar-refractivity contribution in [3.05, 3.63) is 29.3 Å². The molecule has 1 aromatic carbocycles. The molecule has 0 bridgehead atoms. The van der Waals surface area contributed by atoms with Crippen molar-refractivity contribution >= 4 is 17.4 Å². The second-order valence-electron chi connectivity index (χ2n) is 3.80. The molecule has 0 saturated carbocycles. The van der Waals surface area contributed by atoms with Crippen molar-refractivity contribution in [2.24, 2.45) is 0 Å². The Kier molecular flexibility index (Phi) is 2.54. The van der Waals surface area contributed by atoms with Crippen molar-refractivity contribution in [2.75, 3.05) is 5.32 Å². The van der Waals surface area contributed by atoms with Gasteiger partial charge in [0.2, 0.25) is 5.91 Å². The van der Waals surface area contributed by atoms with Gasteiger partial charge in [-0.2, -0.15) is 0 Å². The van der Waals surface area contributed by atoms with Crippen molar-refractivity contribution in [2.45, 2.75) is 26.2 Å². The van der Waals surface area contributed by atoms with Crippen LogP contribution in [0.5, 0.6) is 0 Å². The Bertz CT molecular complexity index is 424.